The number of amides is 1. The van der Waals surface area contributed by atoms with E-state index in [-0.39, 0.29) is 16.5 Å². The molecule has 3 rings (SSSR count). The zero-order valence-electron chi connectivity index (χ0n) is 20.6. The Balaban J connectivity index is 1.69. The number of hydrogen-bond acceptors (Lipinski definition) is 6. The lowest BCUT2D eigenvalue weighted by Gasteiger charge is -2.18. The van der Waals surface area contributed by atoms with Crippen LogP contribution in [0.15, 0.2) is 59.5 Å². The van der Waals surface area contributed by atoms with Crippen LogP contribution in [0.3, 0.4) is 0 Å². The van der Waals surface area contributed by atoms with Crippen molar-refractivity contribution in [2.75, 3.05) is 24.3 Å². The second-order valence-corrected chi connectivity index (χ2v) is 9.83. The van der Waals surface area contributed by atoms with E-state index in [1.165, 1.54) is 38.5 Å². The summed E-state index contributed by atoms with van der Waals surface area (Å²) in [6, 6.07) is 14.6. The summed E-state index contributed by atoms with van der Waals surface area (Å²) in [6.07, 6.45) is -0.748. The molecule has 0 bridgehead atoms. The van der Waals surface area contributed by atoms with Crippen LogP contribution in [0.5, 0.6) is 17.2 Å². The molecule has 0 saturated carbocycles. The molecule has 0 heterocycles. The van der Waals surface area contributed by atoms with Gasteiger partial charge in [0.2, 0.25) is 0 Å². The van der Waals surface area contributed by atoms with Gasteiger partial charge in [0, 0.05) is 11.8 Å². The molecule has 0 aliphatic heterocycles. The highest BCUT2D eigenvalue weighted by molar-refractivity contribution is 7.92. The zero-order chi connectivity index (χ0) is 25.8. The number of hydrogen-bond donors (Lipinski definition) is 2. The molecule has 0 spiro atoms. The number of rotatable bonds is 9. The SMILES string of the molecule is COc1ccc(NS(=O)(=O)c2ccc(NC(=O)C(C)Oc3cc(C)cc(C)c3C)cc2)c(OC)c1. The summed E-state index contributed by atoms with van der Waals surface area (Å²) in [5.41, 5.74) is 3.84. The van der Waals surface area contributed by atoms with Crippen LogP contribution in [0.4, 0.5) is 11.4 Å². The van der Waals surface area contributed by atoms with E-state index in [4.69, 9.17) is 14.2 Å². The highest BCUT2D eigenvalue weighted by Crippen LogP contribution is 2.31. The summed E-state index contributed by atoms with van der Waals surface area (Å²) >= 11 is 0. The Morgan fingerprint density at radius 3 is 2.20 bits per heavy atom. The Morgan fingerprint density at radius 1 is 0.886 bits per heavy atom. The van der Waals surface area contributed by atoms with E-state index in [0.29, 0.717) is 22.9 Å². The maximum atomic E-state index is 12.9. The van der Waals surface area contributed by atoms with Crippen molar-refractivity contribution >= 4 is 27.3 Å². The third kappa shape index (κ3) is 6.24. The van der Waals surface area contributed by atoms with E-state index in [1.54, 1.807) is 25.1 Å². The van der Waals surface area contributed by atoms with E-state index in [2.05, 4.69) is 16.1 Å². The molecule has 0 fully saturated rings. The van der Waals surface area contributed by atoms with Crippen molar-refractivity contribution in [3.05, 3.63) is 71.3 Å². The summed E-state index contributed by atoms with van der Waals surface area (Å²) in [5.74, 6) is 1.17. The average Bonchev–Trinajstić information content (AvgIpc) is 2.82. The predicted molar refractivity (Wildman–Crippen MR) is 136 cm³/mol. The number of ether oxygens (including phenoxy) is 3. The largest absolute Gasteiger partial charge is 0.497 e. The third-order valence-electron chi connectivity index (χ3n) is 5.52. The van der Waals surface area contributed by atoms with Crippen molar-refractivity contribution in [2.45, 2.75) is 38.7 Å². The molecular formula is C26H30N2O6S. The van der Waals surface area contributed by atoms with Crippen molar-refractivity contribution in [1.82, 2.24) is 0 Å². The standard InChI is InChI=1S/C26H30N2O6S/c1-16-13-17(2)18(3)24(14-16)34-19(4)26(29)27-20-7-10-22(11-8-20)35(30,31)28-23-12-9-21(32-5)15-25(23)33-6/h7-15,19,28H,1-6H3,(H,27,29). The van der Waals surface area contributed by atoms with Crippen molar-refractivity contribution in [2.24, 2.45) is 0 Å². The van der Waals surface area contributed by atoms with E-state index >= 15 is 0 Å². The molecule has 3 aromatic rings. The van der Waals surface area contributed by atoms with Gasteiger partial charge in [-0.1, -0.05) is 6.07 Å². The van der Waals surface area contributed by atoms with E-state index < -0.39 is 16.1 Å². The van der Waals surface area contributed by atoms with Gasteiger partial charge in [0.1, 0.15) is 17.2 Å². The number of sulfonamides is 1. The van der Waals surface area contributed by atoms with Crippen LogP contribution in [0.1, 0.15) is 23.6 Å². The summed E-state index contributed by atoms with van der Waals surface area (Å²) in [5, 5.41) is 2.76. The summed E-state index contributed by atoms with van der Waals surface area (Å²) in [4.78, 5) is 12.7. The molecule has 0 radical (unpaired) electrons. The fraction of sp³-hybridized carbons (Fsp3) is 0.269. The molecular weight excluding hydrogens is 468 g/mol. The number of anilines is 2. The molecule has 1 atom stereocenters. The fourth-order valence-corrected chi connectivity index (χ4v) is 4.49. The van der Waals surface area contributed by atoms with Crippen molar-refractivity contribution in [3.63, 3.8) is 0 Å². The van der Waals surface area contributed by atoms with Crippen LogP contribution >= 0.6 is 0 Å². The lowest BCUT2D eigenvalue weighted by atomic mass is 10.1. The quantitative estimate of drug-likeness (QED) is 0.438. The topological polar surface area (TPSA) is 103 Å². The second-order valence-electron chi connectivity index (χ2n) is 8.15. The van der Waals surface area contributed by atoms with Gasteiger partial charge < -0.3 is 19.5 Å². The summed E-state index contributed by atoms with van der Waals surface area (Å²) in [7, 11) is -0.938. The molecule has 3 aromatic carbocycles. The van der Waals surface area contributed by atoms with Gasteiger partial charge in [-0.2, -0.15) is 0 Å². The molecule has 2 N–H and O–H groups in total. The molecule has 35 heavy (non-hydrogen) atoms. The van der Waals surface area contributed by atoms with Gasteiger partial charge in [-0.05, 0) is 86.8 Å². The Hall–Kier alpha value is -3.72. The number of aryl methyl sites for hydroxylation is 2. The first-order valence-electron chi connectivity index (χ1n) is 10.9. The first-order chi connectivity index (χ1) is 16.5. The molecule has 0 aliphatic rings. The second kappa shape index (κ2) is 10.7. The fourth-order valence-electron chi connectivity index (χ4n) is 3.41. The smallest absolute Gasteiger partial charge is 0.265 e. The van der Waals surface area contributed by atoms with Gasteiger partial charge in [0.15, 0.2) is 6.10 Å². The minimum absolute atomic E-state index is 0.0310. The summed E-state index contributed by atoms with van der Waals surface area (Å²) in [6.45, 7) is 7.58. The summed E-state index contributed by atoms with van der Waals surface area (Å²) < 4.78 is 44.5. The average molecular weight is 499 g/mol. The molecule has 186 valence electrons. The number of nitrogens with one attached hydrogen (secondary N) is 2. The van der Waals surface area contributed by atoms with Crippen molar-refractivity contribution in [1.29, 1.82) is 0 Å². The Kier molecular flexibility index (Phi) is 7.91. The van der Waals surface area contributed by atoms with Gasteiger partial charge in [-0.3, -0.25) is 9.52 Å². The number of carbonyl (C=O) groups excluding carboxylic acids is 1. The Labute approximate surface area is 206 Å². The van der Waals surface area contributed by atoms with Gasteiger partial charge >= 0.3 is 0 Å². The normalized spacial score (nSPS) is 11.9. The van der Waals surface area contributed by atoms with Crippen LogP contribution in [0.25, 0.3) is 0 Å². The van der Waals surface area contributed by atoms with Crippen LogP contribution in [-0.4, -0.2) is 34.6 Å². The highest BCUT2D eigenvalue weighted by Gasteiger charge is 2.19. The van der Waals surface area contributed by atoms with Gasteiger partial charge in [-0.25, -0.2) is 8.42 Å². The molecule has 0 aromatic heterocycles. The van der Waals surface area contributed by atoms with Gasteiger partial charge in [0.05, 0.1) is 24.8 Å². The first-order valence-corrected chi connectivity index (χ1v) is 12.4. The van der Waals surface area contributed by atoms with Crippen LogP contribution in [0, 0.1) is 20.8 Å². The Bertz CT molecular complexity index is 1320. The Morgan fingerprint density at radius 2 is 1.57 bits per heavy atom. The van der Waals surface area contributed by atoms with E-state index in [0.717, 1.165) is 16.7 Å². The van der Waals surface area contributed by atoms with Crippen LogP contribution in [0.2, 0.25) is 0 Å². The molecule has 1 amide bonds. The zero-order valence-corrected chi connectivity index (χ0v) is 21.4. The molecule has 8 nitrogen and oxygen atoms in total. The predicted octanol–water partition coefficient (Wildman–Crippen LogP) is 4.84. The first kappa shape index (κ1) is 25.9. The van der Waals surface area contributed by atoms with E-state index in [1.807, 2.05) is 26.8 Å². The monoisotopic (exact) mass is 498 g/mol. The molecule has 0 aliphatic carbocycles. The highest BCUT2D eigenvalue weighted by atomic mass is 32.2. The van der Waals surface area contributed by atoms with Crippen LogP contribution < -0.4 is 24.2 Å². The van der Waals surface area contributed by atoms with E-state index in [9.17, 15) is 13.2 Å². The van der Waals surface area contributed by atoms with Gasteiger partial charge in [0.25, 0.3) is 15.9 Å². The molecule has 1 unspecified atom stereocenters. The van der Waals surface area contributed by atoms with Crippen molar-refractivity contribution in [3.8, 4) is 17.2 Å². The minimum Gasteiger partial charge on any atom is -0.497 e. The van der Waals surface area contributed by atoms with Crippen molar-refractivity contribution < 1.29 is 27.4 Å². The maximum Gasteiger partial charge on any atom is 0.265 e. The third-order valence-corrected chi connectivity index (χ3v) is 6.90. The lowest BCUT2D eigenvalue weighted by molar-refractivity contribution is -0.122. The minimum atomic E-state index is -3.89. The molecule has 0 saturated heterocycles. The maximum absolute atomic E-state index is 12.9. The van der Waals surface area contributed by atoms with Gasteiger partial charge in [-0.15, -0.1) is 0 Å². The number of carbonyl (C=O) groups is 1. The van der Waals surface area contributed by atoms with Crippen LogP contribution in [-0.2, 0) is 14.8 Å². The number of methoxy groups -OCH3 is 2. The number of benzene rings is 3. The molecule has 9 heteroatoms. The lowest BCUT2D eigenvalue weighted by Crippen LogP contribution is -2.30.